The highest BCUT2D eigenvalue weighted by molar-refractivity contribution is 5.95. The number of nitrogens with two attached hydrogens (primary N) is 1. The van der Waals surface area contributed by atoms with Crippen molar-refractivity contribution in [2.24, 2.45) is 11.7 Å². The maximum Gasteiger partial charge on any atom is 0.387 e. The fraction of sp³-hybridized carbons (Fsp3) is 0.333. The molecule has 1 heterocycles. The van der Waals surface area contributed by atoms with Gasteiger partial charge in [0.25, 0.3) is 5.91 Å². The van der Waals surface area contributed by atoms with Crippen molar-refractivity contribution in [2.75, 3.05) is 0 Å². The molecule has 1 aromatic heterocycles. The van der Waals surface area contributed by atoms with Gasteiger partial charge in [-0.3, -0.25) is 9.78 Å². The predicted molar refractivity (Wildman–Crippen MR) is 86.0 cm³/mol. The molecule has 0 aliphatic heterocycles. The molecule has 1 fully saturated rings. The third kappa shape index (κ3) is 3.53. The summed E-state index contributed by atoms with van der Waals surface area (Å²) in [6.45, 7) is -0.843. The molecule has 1 saturated carbocycles. The average Bonchev–Trinajstić information content (AvgIpc) is 3.38. The number of hydrogen-bond donors (Lipinski definition) is 1. The second-order valence-corrected chi connectivity index (χ2v) is 6.05. The number of aromatic nitrogens is 1. The summed E-state index contributed by atoms with van der Waals surface area (Å²) < 4.78 is 29.1. The number of benzene rings is 1. The van der Waals surface area contributed by atoms with Crippen LogP contribution in [0, 0.1) is 5.92 Å². The van der Waals surface area contributed by atoms with E-state index in [0.717, 1.165) is 12.8 Å². The summed E-state index contributed by atoms with van der Waals surface area (Å²) in [5.41, 5.74) is 7.86. The maximum absolute atomic E-state index is 12.4. The average molecular weight is 332 g/mol. The van der Waals surface area contributed by atoms with Crippen molar-refractivity contribution in [3.63, 3.8) is 0 Å². The molecule has 3 rings (SSSR count). The third-order valence-electron chi connectivity index (χ3n) is 4.34. The van der Waals surface area contributed by atoms with Crippen LogP contribution < -0.4 is 10.5 Å². The first kappa shape index (κ1) is 16.4. The van der Waals surface area contributed by atoms with Crippen molar-refractivity contribution in [3.05, 3.63) is 47.8 Å². The quantitative estimate of drug-likeness (QED) is 0.870. The second-order valence-electron chi connectivity index (χ2n) is 6.05. The van der Waals surface area contributed by atoms with Crippen LogP contribution in [0.4, 0.5) is 8.78 Å². The van der Waals surface area contributed by atoms with Crippen molar-refractivity contribution in [3.8, 4) is 16.9 Å². The van der Waals surface area contributed by atoms with Crippen molar-refractivity contribution in [1.29, 1.82) is 0 Å². The largest absolute Gasteiger partial charge is 0.435 e. The first-order chi connectivity index (χ1) is 11.5. The van der Waals surface area contributed by atoms with Gasteiger partial charge in [-0.2, -0.15) is 8.78 Å². The van der Waals surface area contributed by atoms with Crippen LogP contribution in [0.5, 0.6) is 5.75 Å². The van der Waals surface area contributed by atoms with Crippen molar-refractivity contribution in [2.45, 2.75) is 32.3 Å². The topological polar surface area (TPSA) is 65.2 Å². The van der Waals surface area contributed by atoms with Gasteiger partial charge in [0.1, 0.15) is 5.75 Å². The Balaban J connectivity index is 1.97. The molecule has 4 nitrogen and oxygen atoms in total. The van der Waals surface area contributed by atoms with E-state index in [1.807, 2.05) is 6.92 Å². The lowest BCUT2D eigenvalue weighted by molar-refractivity contribution is -0.0498. The van der Waals surface area contributed by atoms with Gasteiger partial charge in [0.2, 0.25) is 0 Å². The Morgan fingerprint density at radius 1 is 1.29 bits per heavy atom. The zero-order valence-corrected chi connectivity index (χ0v) is 13.2. The molecule has 1 aliphatic rings. The molecule has 0 spiro atoms. The summed E-state index contributed by atoms with van der Waals surface area (Å²) in [7, 11) is 0. The highest BCUT2D eigenvalue weighted by Gasteiger charge is 2.32. The minimum Gasteiger partial charge on any atom is -0.435 e. The second kappa shape index (κ2) is 6.55. The van der Waals surface area contributed by atoms with E-state index in [1.54, 1.807) is 24.4 Å². The zero-order chi connectivity index (χ0) is 17.3. The van der Waals surface area contributed by atoms with Gasteiger partial charge in [0, 0.05) is 17.7 Å². The Bertz CT molecular complexity index is 760. The summed E-state index contributed by atoms with van der Waals surface area (Å²) in [5, 5.41) is 0. The van der Waals surface area contributed by atoms with E-state index in [1.165, 1.54) is 12.1 Å². The van der Waals surface area contributed by atoms with Crippen molar-refractivity contribution < 1.29 is 18.3 Å². The van der Waals surface area contributed by atoms with E-state index in [-0.39, 0.29) is 11.7 Å². The minimum atomic E-state index is -2.89. The van der Waals surface area contributed by atoms with E-state index >= 15 is 0 Å². The van der Waals surface area contributed by atoms with Crippen LogP contribution in [0.3, 0.4) is 0 Å². The molecule has 1 amide bonds. The van der Waals surface area contributed by atoms with Crippen LogP contribution in [0.1, 0.15) is 41.7 Å². The fourth-order valence-corrected chi connectivity index (χ4v) is 2.86. The van der Waals surface area contributed by atoms with Crippen LogP contribution >= 0.6 is 0 Å². The molecule has 1 aromatic carbocycles. The highest BCUT2D eigenvalue weighted by Crippen LogP contribution is 2.42. The highest BCUT2D eigenvalue weighted by atomic mass is 19.3. The number of alkyl halides is 2. The summed E-state index contributed by atoms with van der Waals surface area (Å²) >= 11 is 0. The van der Waals surface area contributed by atoms with Gasteiger partial charge in [-0.05, 0) is 42.5 Å². The standard InChI is InChI=1S/C18H18F2N2O2/c1-10(11-5-6-11)16-15(17(21)23)8-13(9-22-16)12-3-2-4-14(7-12)24-18(19)20/h2-4,7-11,18H,5-6H2,1H3,(H2,21,23)/t10-/m0/s1. The lowest BCUT2D eigenvalue weighted by Gasteiger charge is -2.15. The number of hydrogen-bond acceptors (Lipinski definition) is 3. The number of halogens is 2. The van der Waals surface area contributed by atoms with E-state index in [2.05, 4.69) is 9.72 Å². The molecule has 2 aromatic rings. The monoisotopic (exact) mass is 332 g/mol. The number of nitrogens with zero attached hydrogens (tertiary/aromatic N) is 1. The minimum absolute atomic E-state index is 0.0542. The lowest BCUT2D eigenvalue weighted by atomic mass is 9.94. The van der Waals surface area contributed by atoms with E-state index in [9.17, 15) is 13.6 Å². The van der Waals surface area contributed by atoms with Crippen LogP contribution in [0.2, 0.25) is 0 Å². The molecule has 126 valence electrons. The van der Waals surface area contributed by atoms with Gasteiger partial charge in [-0.25, -0.2) is 0 Å². The maximum atomic E-state index is 12.4. The number of carbonyl (C=O) groups excluding carboxylic acids is 1. The van der Waals surface area contributed by atoms with E-state index in [4.69, 9.17) is 5.73 Å². The summed E-state index contributed by atoms with van der Waals surface area (Å²) in [5.74, 6) is 0.240. The Morgan fingerprint density at radius 2 is 2.04 bits per heavy atom. The van der Waals surface area contributed by atoms with Gasteiger partial charge in [0.05, 0.1) is 11.3 Å². The van der Waals surface area contributed by atoms with Gasteiger partial charge in [0.15, 0.2) is 0 Å². The Labute approximate surface area is 138 Å². The molecule has 1 aliphatic carbocycles. The summed E-state index contributed by atoms with van der Waals surface area (Å²) in [6, 6.07) is 7.95. The Hall–Kier alpha value is -2.50. The molecular weight excluding hydrogens is 314 g/mol. The number of carbonyl (C=O) groups is 1. The Morgan fingerprint density at radius 3 is 2.67 bits per heavy atom. The third-order valence-corrected chi connectivity index (χ3v) is 4.34. The van der Waals surface area contributed by atoms with Gasteiger partial charge in [-0.1, -0.05) is 19.1 Å². The summed E-state index contributed by atoms with van der Waals surface area (Å²) in [4.78, 5) is 16.3. The van der Waals surface area contributed by atoms with Crippen molar-refractivity contribution in [1.82, 2.24) is 4.98 Å². The molecular formula is C18H18F2N2O2. The summed E-state index contributed by atoms with van der Waals surface area (Å²) in [6.07, 6.45) is 3.91. The number of primary amides is 1. The smallest absolute Gasteiger partial charge is 0.387 e. The van der Waals surface area contributed by atoms with Crippen LogP contribution in [-0.2, 0) is 0 Å². The van der Waals surface area contributed by atoms with E-state index < -0.39 is 12.5 Å². The van der Waals surface area contributed by atoms with E-state index in [0.29, 0.717) is 28.3 Å². The number of amides is 1. The first-order valence-corrected chi connectivity index (χ1v) is 7.80. The zero-order valence-electron chi connectivity index (χ0n) is 13.2. The number of ether oxygens (including phenoxy) is 1. The molecule has 2 N–H and O–H groups in total. The van der Waals surface area contributed by atoms with Crippen LogP contribution in [0.25, 0.3) is 11.1 Å². The van der Waals surface area contributed by atoms with Gasteiger partial charge < -0.3 is 10.5 Å². The molecule has 0 unspecified atom stereocenters. The Kier molecular flexibility index (Phi) is 4.46. The number of rotatable bonds is 6. The fourth-order valence-electron chi connectivity index (χ4n) is 2.86. The van der Waals surface area contributed by atoms with Crippen molar-refractivity contribution >= 4 is 5.91 Å². The van der Waals surface area contributed by atoms with Crippen LogP contribution in [0.15, 0.2) is 36.5 Å². The number of pyridine rings is 1. The molecule has 1 atom stereocenters. The molecule has 6 heteroatoms. The molecule has 0 saturated heterocycles. The normalized spacial score (nSPS) is 15.3. The molecule has 24 heavy (non-hydrogen) atoms. The van der Waals surface area contributed by atoms with Crippen LogP contribution in [-0.4, -0.2) is 17.5 Å². The van der Waals surface area contributed by atoms with Gasteiger partial charge in [-0.15, -0.1) is 0 Å². The molecule has 0 radical (unpaired) electrons. The van der Waals surface area contributed by atoms with Gasteiger partial charge >= 0.3 is 6.61 Å². The predicted octanol–water partition coefficient (Wildman–Crippen LogP) is 3.96. The first-order valence-electron chi connectivity index (χ1n) is 7.80. The SMILES string of the molecule is C[C@H](c1ncc(-c2cccc(OC(F)F)c2)cc1C(N)=O)C1CC1. The lowest BCUT2D eigenvalue weighted by Crippen LogP contribution is -2.17. The molecule has 0 bridgehead atoms.